The number of rotatable bonds is 4. The summed E-state index contributed by atoms with van der Waals surface area (Å²) in [4.78, 5) is 29.7. The van der Waals surface area contributed by atoms with E-state index in [9.17, 15) is 9.59 Å². The predicted molar refractivity (Wildman–Crippen MR) is 89.9 cm³/mol. The molecule has 1 fully saturated rings. The van der Waals surface area contributed by atoms with Gasteiger partial charge in [-0.2, -0.15) is 0 Å². The first-order valence-electron chi connectivity index (χ1n) is 7.79. The lowest BCUT2D eigenvalue weighted by Gasteiger charge is -2.13. The number of anilines is 1. The van der Waals surface area contributed by atoms with Gasteiger partial charge in [0, 0.05) is 31.7 Å². The third kappa shape index (κ3) is 3.37. The lowest BCUT2D eigenvalue weighted by atomic mass is 10.1. The molecule has 1 saturated heterocycles. The van der Waals surface area contributed by atoms with Crippen molar-refractivity contribution in [2.45, 2.75) is 13.3 Å². The largest absolute Gasteiger partial charge is 0.457 e. The quantitative estimate of drug-likeness (QED) is 0.877. The molecule has 0 spiro atoms. The molecule has 0 bridgehead atoms. The Kier molecular flexibility index (Phi) is 4.46. The summed E-state index contributed by atoms with van der Waals surface area (Å²) < 4.78 is 5.79. The van der Waals surface area contributed by atoms with Crippen molar-refractivity contribution >= 4 is 17.5 Å². The topological polar surface area (TPSA) is 71.5 Å². The fourth-order valence-corrected chi connectivity index (χ4v) is 2.67. The summed E-state index contributed by atoms with van der Waals surface area (Å²) in [7, 11) is 1.71. The number of ether oxygens (including phenoxy) is 1. The zero-order valence-corrected chi connectivity index (χ0v) is 13.7. The van der Waals surface area contributed by atoms with Crippen LogP contribution in [0.15, 0.2) is 42.7 Å². The second kappa shape index (κ2) is 6.70. The van der Waals surface area contributed by atoms with Gasteiger partial charge in [0.1, 0.15) is 17.4 Å². The van der Waals surface area contributed by atoms with Crippen LogP contribution in [0.5, 0.6) is 11.5 Å². The number of pyridine rings is 1. The van der Waals surface area contributed by atoms with Gasteiger partial charge in [-0.15, -0.1) is 0 Å². The van der Waals surface area contributed by atoms with Crippen molar-refractivity contribution in [3.63, 3.8) is 0 Å². The van der Waals surface area contributed by atoms with Gasteiger partial charge < -0.3 is 15.0 Å². The zero-order chi connectivity index (χ0) is 17.1. The van der Waals surface area contributed by atoms with E-state index in [1.807, 2.05) is 13.0 Å². The highest BCUT2D eigenvalue weighted by Gasteiger charge is 2.34. The molecular weight excluding hydrogens is 306 g/mol. The maximum atomic E-state index is 12.3. The number of aryl methyl sites for hydroxylation is 1. The number of hydrogen-bond donors (Lipinski definition) is 1. The normalized spacial score (nSPS) is 17.0. The fraction of sp³-hybridized carbons (Fsp3) is 0.278. The number of likely N-dealkylation sites (tertiary alicyclic amines) is 1. The molecule has 0 radical (unpaired) electrons. The van der Waals surface area contributed by atoms with Crippen LogP contribution in [0, 0.1) is 12.8 Å². The van der Waals surface area contributed by atoms with Crippen LogP contribution >= 0.6 is 0 Å². The minimum Gasteiger partial charge on any atom is -0.457 e. The maximum Gasteiger partial charge on any atom is 0.237 e. The smallest absolute Gasteiger partial charge is 0.237 e. The number of aromatic nitrogens is 1. The molecule has 1 aliphatic rings. The van der Waals surface area contributed by atoms with Crippen LogP contribution in [-0.2, 0) is 9.59 Å². The van der Waals surface area contributed by atoms with Gasteiger partial charge in [0.05, 0.1) is 0 Å². The molecule has 124 valence electrons. The molecule has 1 aromatic heterocycles. The summed E-state index contributed by atoms with van der Waals surface area (Å²) in [5.74, 6) is 0.428. The van der Waals surface area contributed by atoms with Crippen molar-refractivity contribution in [3.8, 4) is 11.5 Å². The standard InChI is InChI=1S/C18H19N3O3/c1-12-11-13(20-17(22)15-7-10-21(2)18(15)23)3-4-16(12)24-14-5-8-19-9-6-14/h3-6,8-9,11,15H,7,10H2,1-2H3,(H,20,22). The maximum absolute atomic E-state index is 12.3. The zero-order valence-electron chi connectivity index (χ0n) is 13.7. The van der Waals surface area contributed by atoms with Gasteiger partial charge in [-0.1, -0.05) is 0 Å². The molecule has 24 heavy (non-hydrogen) atoms. The minimum absolute atomic E-state index is 0.123. The van der Waals surface area contributed by atoms with E-state index in [0.29, 0.717) is 30.2 Å². The summed E-state index contributed by atoms with van der Waals surface area (Å²) in [5.41, 5.74) is 1.54. The molecule has 0 aliphatic carbocycles. The first kappa shape index (κ1) is 16.0. The van der Waals surface area contributed by atoms with Gasteiger partial charge in [0.2, 0.25) is 11.8 Å². The van der Waals surface area contributed by atoms with E-state index in [1.54, 1.807) is 48.6 Å². The van der Waals surface area contributed by atoms with Crippen LogP contribution in [0.3, 0.4) is 0 Å². The second-order valence-corrected chi connectivity index (χ2v) is 5.86. The van der Waals surface area contributed by atoms with Crippen molar-refractivity contribution in [2.75, 3.05) is 18.9 Å². The van der Waals surface area contributed by atoms with Crippen molar-refractivity contribution in [1.82, 2.24) is 9.88 Å². The lowest BCUT2D eigenvalue weighted by Crippen LogP contribution is -2.30. The number of hydrogen-bond acceptors (Lipinski definition) is 4. The molecule has 2 heterocycles. The van der Waals surface area contributed by atoms with Crippen LogP contribution in [0.4, 0.5) is 5.69 Å². The molecule has 1 atom stereocenters. The number of carbonyl (C=O) groups is 2. The summed E-state index contributed by atoms with van der Waals surface area (Å²) in [6.45, 7) is 2.52. The minimum atomic E-state index is -0.594. The van der Waals surface area contributed by atoms with Crippen molar-refractivity contribution in [3.05, 3.63) is 48.3 Å². The molecule has 1 aliphatic heterocycles. The highest BCUT2D eigenvalue weighted by Crippen LogP contribution is 2.27. The Balaban J connectivity index is 1.68. The number of carbonyl (C=O) groups excluding carboxylic acids is 2. The summed E-state index contributed by atoms with van der Waals surface area (Å²) in [5, 5.41) is 2.81. The van der Waals surface area contributed by atoms with E-state index in [0.717, 1.165) is 5.56 Å². The Hall–Kier alpha value is -2.89. The predicted octanol–water partition coefficient (Wildman–Crippen LogP) is 2.60. The Morgan fingerprint density at radius 2 is 2.04 bits per heavy atom. The van der Waals surface area contributed by atoms with Gasteiger partial charge in [-0.3, -0.25) is 14.6 Å². The molecule has 6 nitrogen and oxygen atoms in total. The van der Waals surface area contributed by atoms with E-state index >= 15 is 0 Å². The first-order chi connectivity index (χ1) is 11.5. The molecule has 6 heteroatoms. The summed E-state index contributed by atoms with van der Waals surface area (Å²) in [6.07, 6.45) is 3.88. The van der Waals surface area contributed by atoms with Crippen LogP contribution in [0.2, 0.25) is 0 Å². The number of amides is 2. The number of nitrogens with one attached hydrogen (secondary N) is 1. The monoisotopic (exact) mass is 325 g/mol. The van der Waals surface area contributed by atoms with Crippen molar-refractivity contribution in [1.29, 1.82) is 0 Å². The Morgan fingerprint density at radius 3 is 2.67 bits per heavy atom. The van der Waals surface area contributed by atoms with Gasteiger partial charge in [-0.05, 0) is 49.2 Å². The lowest BCUT2D eigenvalue weighted by molar-refractivity contribution is -0.134. The van der Waals surface area contributed by atoms with Crippen LogP contribution < -0.4 is 10.1 Å². The average molecular weight is 325 g/mol. The molecule has 1 unspecified atom stereocenters. The fourth-order valence-electron chi connectivity index (χ4n) is 2.67. The van der Waals surface area contributed by atoms with Gasteiger partial charge in [0.15, 0.2) is 0 Å². The summed E-state index contributed by atoms with van der Waals surface area (Å²) >= 11 is 0. The molecular formula is C18H19N3O3. The Bertz CT molecular complexity index is 761. The average Bonchev–Trinajstić information content (AvgIpc) is 2.90. The molecule has 2 aromatic rings. The molecule has 1 N–H and O–H groups in total. The first-order valence-corrected chi connectivity index (χ1v) is 7.79. The number of benzene rings is 1. The van der Waals surface area contributed by atoms with Gasteiger partial charge >= 0.3 is 0 Å². The van der Waals surface area contributed by atoms with Crippen LogP contribution in [0.1, 0.15) is 12.0 Å². The highest BCUT2D eigenvalue weighted by atomic mass is 16.5. The van der Waals surface area contributed by atoms with E-state index in [4.69, 9.17) is 4.74 Å². The summed E-state index contributed by atoms with van der Waals surface area (Å²) in [6, 6.07) is 8.95. The van der Waals surface area contributed by atoms with E-state index < -0.39 is 5.92 Å². The van der Waals surface area contributed by atoms with Crippen LogP contribution in [0.25, 0.3) is 0 Å². The van der Waals surface area contributed by atoms with E-state index in [-0.39, 0.29) is 11.8 Å². The van der Waals surface area contributed by atoms with Crippen LogP contribution in [-0.4, -0.2) is 35.3 Å². The Labute approximate surface area is 140 Å². The Morgan fingerprint density at radius 1 is 1.29 bits per heavy atom. The van der Waals surface area contributed by atoms with E-state index in [1.165, 1.54) is 0 Å². The van der Waals surface area contributed by atoms with Gasteiger partial charge in [-0.25, -0.2) is 0 Å². The van der Waals surface area contributed by atoms with Crippen molar-refractivity contribution < 1.29 is 14.3 Å². The van der Waals surface area contributed by atoms with E-state index in [2.05, 4.69) is 10.3 Å². The second-order valence-electron chi connectivity index (χ2n) is 5.86. The SMILES string of the molecule is Cc1cc(NC(=O)C2CCN(C)C2=O)ccc1Oc1ccncc1. The third-order valence-corrected chi connectivity index (χ3v) is 4.06. The molecule has 2 amide bonds. The van der Waals surface area contributed by atoms with Gasteiger partial charge in [0.25, 0.3) is 0 Å². The third-order valence-electron chi connectivity index (χ3n) is 4.06. The molecule has 1 aromatic carbocycles. The highest BCUT2D eigenvalue weighted by molar-refractivity contribution is 6.07. The number of nitrogens with zero attached hydrogens (tertiary/aromatic N) is 2. The molecule has 0 saturated carbocycles. The molecule has 3 rings (SSSR count). The van der Waals surface area contributed by atoms with Crippen molar-refractivity contribution in [2.24, 2.45) is 5.92 Å².